The van der Waals surface area contributed by atoms with E-state index in [0.29, 0.717) is 0 Å². The van der Waals surface area contributed by atoms with Gasteiger partial charge in [0.1, 0.15) is 11.2 Å². The fraction of sp³-hybridized carbons (Fsp3) is 0. The molecule has 0 radical (unpaired) electrons. The molecule has 0 bridgehead atoms. The molecule has 50 heavy (non-hydrogen) atoms. The summed E-state index contributed by atoms with van der Waals surface area (Å²) in [7, 11) is 0. The molecule has 1 heterocycles. The zero-order chi connectivity index (χ0) is 33.0. The monoisotopic (exact) mass is 637 g/mol. The third-order valence-corrected chi connectivity index (χ3v) is 10.0. The van der Waals surface area contributed by atoms with Crippen molar-refractivity contribution in [2.45, 2.75) is 0 Å². The topological polar surface area (TPSA) is 16.4 Å². The first-order valence-electron chi connectivity index (χ1n) is 17.1. The number of rotatable bonds is 5. The Morgan fingerprint density at radius 3 is 1.90 bits per heavy atom. The summed E-state index contributed by atoms with van der Waals surface area (Å²) in [5.41, 5.74) is 9.63. The van der Waals surface area contributed by atoms with E-state index < -0.39 is 0 Å². The summed E-state index contributed by atoms with van der Waals surface area (Å²) in [5.74, 6) is 0. The molecule has 0 amide bonds. The lowest BCUT2D eigenvalue weighted by molar-refractivity contribution is 0.670. The standard InChI is InChI=1S/C48H31NO/c1-2-12-34(13-3-1)40-29-30-45(47-43-17-8-9-20-46(43)50-48(40)47)49(44-19-10-18-41-39-16-7-6-14-35(39)25-28-42(41)44)38-26-23-33(24-27-38)37-22-21-32-11-4-5-15-36(32)31-37/h1-31H. The van der Waals surface area contributed by atoms with Crippen LogP contribution in [-0.2, 0) is 0 Å². The van der Waals surface area contributed by atoms with E-state index in [9.17, 15) is 0 Å². The highest BCUT2D eigenvalue weighted by molar-refractivity contribution is 6.19. The van der Waals surface area contributed by atoms with Gasteiger partial charge in [-0.3, -0.25) is 0 Å². The van der Waals surface area contributed by atoms with Crippen LogP contribution in [0, 0.1) is 0 Å². The highest BCUT2D eigenvalue weighted by Crippen LogP contribution is 2.48. The molecule has 2 heteroatoms. The Morgan fingerprint density at radius 1 is 0.360 bits per heavy atom. The Morgan fingerprint density at radius 2 is 1.04 bits per heavy atom. The van der Waals surface area contributed by atoms with Crippen LogP contribution in [0.5, 0.6) is 0 Å². The molecule has 0 aliphatic rings. The normalized spacial score (nSPS) is 11.6. The second kappa shape index (κ2) is 11.5. The lowest BCUT2D eigenvalue weighted by atomic mass is 9.97. The first-order chi connectivity index (χ1) is 24.8. The molecule has 234 valence electrons. The van der Waals surface area contributed by atoms with Crippen molar-refractivity contribution in [3.8, 4) is 22.3 Å². The Kier molecular flexibility index (Phi) is 6.53. The molecule has 0 N–H and O–H groups in total. The minimum atomic E-state index is 0.877. The minimum absolute atomic E-state index is 0.877. The summed E-state index contributed by atoms with van der Waals surface area (Å²) in [6.07, 6.45) is 0. The van der Waals surface area contributed by atoms with E-state index in [1.54, 1.807) is 0 Å². The molecule has 0 saturated heterocycles. The smallest absolute Gasteiger partial charge is 0.145 e. The lowest BCUT2D eigenvalue weighted by Crippen LogP contribution is -2.11. The van der Waals surface area contributed by atoms with Crippen molar-refractivity contribution in [3.63, 3.8) is 0 Å². The molecule has 0 fully saturated rings. The highest BCUT2D eigenvalue weighted by Gasteiger charge is 2.23. The maximum Gasteiger partial charge on any atom is 0.145 e. The van der Waals surface area contributed by atoms with Gasteiger partial charge in [0.25, 0.3) is 0 Å². The van der Waals surface area contributed by atoms with E-state index >= 15 is 0 Å². The van der Waals surface area contributed by atoms with Gasteiger partial charge in [0.2, 0.25) is 0 Å². The SMILES string of the molecule is c1ccc(-c2ccc(N(c3ccc(-c4ccc5ccccc5c4)cc3)c3cccc4c3ccc3ccccc34)c3c2oc2ccccc23)cc1. The molecule has 9 aromatic carbocycles. The summed E-state index contributed by atoms with van der Waals surface area (Å²) in [5, 5.41) is 9.59. The van der Waals surface area contributed by atoms with Gasteiger partial charge in [0.05, 0.1) is 16.8 Å². The largest absolute Gasteiger partial charge is 0.455 e. The summed E-state index contributed by atoms with van der Waals surface area (Å²) >= 11 is 0. The molecule has 2 nitrogen and oxygen atoms in total. The minimum Gasteiger partial charge on any atom is -0.455 e. The van der Waals surface area contributed by atoms with Crippen LogP contribution in [0.25, 0.3) is 76.5 Å². The maximum atomic E-state index is 6.73. The van der Waals surface area contributed by atoms with Crippen LogP contribution in [0.3, 0.4) is 0 Å². The molecule has 10 aromatic rings. The van der Waals surface area contributed by atoms with Crippen molar-refractivity contribution in [2.24, 2.45) is 0 Å². The molecular weight excluding hydrogens is 607 g/mol. The van der Waals surface area contributed by atoms with E-state index in [4.69, 9.17) is 4.42 Å². The van der Waals surface area contributed by atoms with Crippen LogP contribution in [0.2, 0.25) is 0 Å². The molecule has 0 unspecified atom stereocenters. The van der Waals surface area contributed by atoms with Crippen LogP contribution in [0.4, 0.5) is 17.1 Å². The average Bonchev–Trinajstić information content (AvgIpc) is 3.58. The third kappa shape index (κ3) is 4.57. The molecule has 0 atom stereocenters. The van der Waals surface area contributed by atoms with Crippen molar-refractivity contribution in [1.82, 2.24) is 0 Å². The summed E-state index contributed by atoms with van der Waals surface area (Å²) in [4.78, 5) is 2.42. The van der Waals surface area contributed by atoms with Gasteiger partial charge in [0.15, 0.2) is 0 Å². The van der Waals surface area contributed by atoms with E-state index in [1.165, 1.54) is 43.4 Å². The van der Waals surface area contributed by atoms with E-state index in [0.717, 1.165) is 50.1 Å². The van der Waals surface area contributed by atoms with Crippen molar-refractivity contribution in [2.75, 3.05) is 4.90 Å². The summed E-state index contributed by atoms with van der Waals surface area (Å²) < 4.78 is 6.73. The quantitative estimate of drug-likeness (QED) is 0.175. The molecule has 0 aliphatic carbocycles. The number of para-hydroxylation sites is 1. The van der Waals surface area contributed by atoms with Crippen molar-refractivity contribution in [3.05, 3.63) is 188 Å². The van der Waals surface area contributed by atoms with Crippen LogP contribution in [-0.4, -0.2) is 0 Å². The average molecular weight is 638 g/mol. The first kappa shape index (κ1) is 28.4. The van der Waals surface area contributed by atoms with Gasteiger partial charge in [-0.1, -0.05) is 146 Å². The molecule has 1 aromatic heterocycles. The predicted molar refractivity (Wildman–Crippen MR) is 212 cm³/mol. The van der Waals surface area contributed by atoms with Gasteiger partial charge in [0, 0.05) is 22.0 Å². The zero-order valence-electron chi connectivity index (χ0n) is 27.3. The first-order valence-corrected chi connectivity index (χ1v) is 17.1. The lowest BCUT2D eigenvalue weighted by Gasteiger charge is -2.28. The number of benzene rings is 9. The fourth-order valence-electron chi connectivity index (χ4n) is 7.64. The van der Waals surface area contributed by atoms with Gasteiger partial charge in [-0.2, -0.15) is 0 Å². The summed E-state index contributed by atoms with van der Waals surface area (Å²) in [6, 6.07) is 67.5. The molecular formula is C48H31NO. The van der Waals surface area contributed by atoms with Gasteiger partial charge in [-0.25, -0.2) is 0 Å². The Labute approximate surface area is 290 Å². The van der Waals surface area contributed by atoms with Gasteiger partial charge in [-0.05, 0) is 86.1 Å². The second-order valence-electron chi connectivity index (χ2n) is 12.9. The number of hydrogen-bond donors (Lipinski definition) is 0. The Balaban J connectivity index is 1.24. The number of hydrogen-bond acceptors (Lipinski definition) is 2. The van der Waals surface area contributed by atoms with Crippen molar-refractivity contribution >= 4 is 71.3 Å². The fourth-order valence-corrected chi connectivity index (χ4v) is 7.64. The van der Waals surface area contributed by atoms with Crippen molar-refractivity contribution in [1.29, 1.82) is 0 Å². The molecule has 0 aliphatic heterocycles. The molecule has 0 saturated carbocycles. The summed E-state index contributed by atoms with van der Waals surface area (Å²) in [6.45, 7) is 0. The van der Waals surface area contributed by atoms with Gasteiger partial charge < -0.3 is 9.32 Å². The molecule has 0 spiro atoms. The van der Waals surface area contributed by atoms with Gasteiger partial charge >= 0.3 is 0 Å². The van der Waals surface area contributed by atoms with E-state index in [2.05, 4.69) is 187 Å². The van der Waals surface area contributed by atoms with Crippen LogP contribution in [0.15, 0.2) is 192 Å². The number of anilines is 3. The second-order valence-corrected chi connectivity index (χ2v) is 12.9. The molecule has 10 rings (SSSR count). The predicted octanol–water partition coefficient (Wildman–Crippen LogP) is 13.8. The van der Waals surface area contributed by atoms with Crippen molar-refractivity contribution < 1.29 is 4.42 Å². The van der Waals surface area contributed by atoms with E-state index in [-0.39, 0.29) is 0 Å². The Bertz CT molecular complexity index is 2870. The van der Waals surface area contributed by atoms with Crippen LogP contribution in [0.1, 0.15) is 0 Å². The van der Waals surface area contributed by atoms with Gasteiger partial charge in [-0.15, -0.1) is 0 Å². The van der Waals surface area contributed by atoms with E-state index in [1.807, 2.05) is 6.07 Å². The number of nitrogens with zero attached hydrogens (tertiary/aromatic N) is 1. The third-order valence-electron chi connectivity index (χ3n) is 10.0. The Hall–Kier alpha value is -6.64. The number of furan rings is 1. The highest BCUT2D eigenvalue weighted by atomic mass is 16.3. The van der Waals surface area contributed by atoms with Crippen LogP contribution >= 0.6 is 0 Å². The maximum absolute atomic E-state index is 6.73. The van der Waals surface area contributed by atoms with Crippen LogP contribution < -0.4 is 4.90 Å². The zero-order valence-corrected chi connectivity index (χ0v) is 27.3. The number of fused-ring (bicyclic) bond motifs is 7.